The number of para-hydroxylation sites is 2. The molecule has 3 heteroatoms. The van der Waals surface area contributed by atoms with E-state index >= 15 is 0 Å². The van der Waals surface area contributed by atoms with Crippen LogP contribution in [0.25, 0.3) is 21.8 Å². The molecule has 0 aliphatic carbocycles. The van der Waals surface area contributed by atoms with Crippen molar-refractivity contribution >= 4 is 39.2 Å². The van der Waals surface area contributed by atoms with E-state index < -0.39 is 0 Å². The fourth-order valence-corrected chi connectivity index (χ4v) is 2.11. The number of carbonyl (C=O) groups excluding carboxylic acids is 1. The van der Waals surface area contributed by atoms with Crippen LogP contribution in [0.2, 0.25) is 5.02 Å². The van der Waals surface area contributed by atoms with Gasteiger partial charge in [-0.2, -0.15) is 0 Å². The maximum absolute atomic E-state index is 9.44. The quantitative estimate of drug-likeness (QED) is 0.558. The molecule has 0 bridgehead atoms. The second kappa shape index (κ2) is 5.81. The summed E-state index contributed by atoms with van der Waals surface area (Å²) < 4.78 is 0. The molecule has 0 unspecified atom stereocenters. The van der Waals surface area contributed by atoms with Crippen LogP contribution in [0.1, 0.15) is 13.8 Å². The number of carbonyl (C=O) groups is 1. The zero-order chi connectivity index (χ0) is 13.8. The Balaban J connectivity index is 0.000000297. The van der Waals surface area contributed by atoms with E-state index in [1.807, 2.05) is 48.5 Å². The molecule has 0 aliphatic rings. The molecule has 19 heavy (non-hydrogen) atoms. The van der Waals surface area contributed by atoms with Gasteiger partial charge in [0.2, 0.25) is 0 Å². The van der Waals surface area contributed by atoms with Gasteiger partial charge in [-0.3, -0.25) is 0 Å². The largest absolute Gasteiger partial charge is 0.300 e. The molecule has 0 atom stereocenters. The molecular weight excluding hydrogens is 258 g/mol. The van der Waals surface area contributed by atoms with Crippen LogP contribution in [0.15, 0.2) is 48.5 Å². The molecule has 2 aromatic carbocycles. The van der Waals surface area contributed by atoms with Gasteiger partial charge in [-0.1, -0.05) is 48.0 Å². The molecule has 0 radical (unpaired) electrons. The molecule has 2 nitrogen and oxygen atoms in total. The van der Waals surface area contributed by atoms with Gasteiger partial charge in [0.05, 0.1) is 16.1 Å². The Kier molecular flexibility index (Phi) is 4.13. The third kappa shape index (κ3) is 3.09. The monoisotopic (exact) mass is 271 g/mol. The van der Waals surface area contributed by atoms with Crippen molar-refractivity contribution in [3.05, 3.63) is 53.6 Å². The first-order chi connectivity index (χ1) is 9.09. The summed E-state index contributed by atoms with van der Waals surface area (Å²) in [7, 11) is 0. The molecule has 0 fully saturated rings. The van der Waals surface area contributed by atoms with Crippen molar-refractivity contribution in [2.75, 3.05) is 0 Å². The van der Waals surface area contributed by atoms with Gasteiger partial charge in [-0.05, 0) is 26.0 Å². The highest BCUT2D eigenvalue weighted by Crippen LogP contribution is 2.29. The number of nitrogens with zero attached hydrogens (tertiary/aromatic N) is 1. The van der Waals surface area contributed by atoms with Crippen molar-refractivity contribution in [1.29, 1.82) is 0 Å². The summed E-state index contributed by atoms with van der Waals surface area (Å²) in [5.74, 6) is 0.167. The van der Waals surface area contributed by atoms with E-state index in [4.69, 9.17) is 11.6 Å². The predicted molar refractivity (Wildman–Crippen MR) is 80.6 cm³/mol. The van der Waals surface area contributed by atoms with Crippen molar-refractivity contribution in [3.8, 4) is 0 Å². The summed E-state index contributed by atoms with van der Waals surface area (Å²) in [6, 6.07) is 15.9. The fraction of sp³-hybridized carbons (Fsp3) is 0.125. The summed E-state index contributed by atoms with van der Waals surface area (Å²) in [6.45, 7) is 3.06. The Morgan fingerprint density at radius 1 is 0.895 bits per heavy atom. The van der Waals surface area contributed by atoms with Crippen molar-refractivity contribution in [2.45, 2.75) is 13.8 Å². The van der Waals surface area contributed by atoms with Crippen molar-refractivity contribution in [3.63, 3.8) is 0 Å². The average molecular weight is 272 g/mol. The second-order valence-electron chi connectivity index (χ2n) is 4.37. The second-order valence-corrected chi connectivity index (χ2v) is 4.75. The van der Waals surface area contributed by atoms with E-state index in [-0.39, 0.29) is 5.78 Å². The lowest BCUT2D eigenvalue weighted by atomic mass is 10.1. The molecule has 96 valence electrons. The fourth-order valence-electron chi connectivity index (χ4n) is 1.79. The topological polar surface area (TPSA) is 30.0 Å². The molecule has 0 spiro atoms. The van der Waals surface area contributed by atoms with Gasteiger partial charge in [0.1, 0.15) is 5.78 Å². The minimum atomic E-state index is 0.167. The molecule has 3 rings (SSSR count). The van der Waals surface area contributed by atoms with Crippen LogP contribution in [0.3, 0.4) is 0 Å². The Morgan fingerprint density at radius 2 is 1.26 bits per heavy atom. The first-order valence-corrected chi connectivity index (χ1v) is 6.37. The summed E-state index contributed by atoms with van der Waals surface area (Å²) in [4.78, 5) is 14.0. The van der Waals surface area contributed by atoms with Crippen LogP contribution >= 0.6 is 11.6 Å². The number of Topliss-reactive ketones (excluding diaryl/α,β-unsaturated/α-hetero) is 1. The Labute approximate surface area is 117 Å². The number of rotatable bonds is 0. The minimum absolute atomic E-state index is 0.167. The lowest BCUT2D eigenvalue weighted by Crippen LogP contribution is -1.83. The molecule has 1 heterocycles. The van der Waals surface area contributed by atoms with E-state index in [0.717, 1.165) is 26.8 Å². The number of fused-ring (bicyclic) bond motifs is 2. The molecule has 0 amide bonds. The molecule has 0 saturated carbocycles. The normalized spacial score (nSPS) is 10.1. The van der Waals surface area contributed by atoms with E-state index in [9.17, 15) is 4.79 Å². The lowest BCUT2D eigenvalue weighted by molar-refractivity contribution is -0.114. The van der Waals surface area contributed by atoms with Crippen LogP contribution in [0.5, 0.6) is 0 Å². The highest BCUT2D eigenvalue weighted by molar-refractivity contribution is 6.40. The highest BCUT2D eigenvalue weighted by Gasteiger charge is 2.04. The average Bonchev–Trinajstić information content (AvgIpc) is 2.38. The third-order valence-corrected chi connectivity index (χ3v) is 2.93. The number of aromatic nitrogens is 1. The van der Waals surface area contributed by atoms with E-state index in [2.05, 4.69) is 4.98 Å². The molecule has 0 saturated heterocycles. The lowest BCUT2D eigenvalue weighted by Gasteiger charge is -2.04. The number of hydrogen-bond donors (Lipinski definition) is 0. The van der Waals surface area contributed by atoms with Gasteiger partial charge < -0.3 is 4.79 Å². The highest BCUT2D eigenvalue weighted by atomic mass is 35.5. The number of ketones is 1. The molecule has 3 aromatic rings. The van der Waals surface area contributed by atoms with E-state index in [1.165, 1.54) is 13.8 Å². The van der Waals surface area contributed by atoms with Gasteiger partial charge in [-0.15, -0.1) is 0 Å². The standard InChI is InChI=1S/C13H8ClN.C3H6O/c14-13-9-5-1-3-7-11(9)15-12-8-4-2-6-10(12)13;1-3(2)4/h1-8H;1-2H3. The first kappa shape index (κ1) is 13.5. The summed E-state index contributed by atoms with van der Waals surface area (Å²) >= 11 is 6.33. The smallest absolute Gasteiger partial charge is 0.126 e. The van der Waals surface area contributed by atoms with Crippen LogP contribution in [0.4, 0.5) is 0 Å². The predicted octanol–water partition coefficient (Wildman–Crippen LogP) is 4.64. The van der Waals surface area contributed by atoms with Crippen LogP contribution < -0.4 is 0 Å². The van der Waals surface area contributed by atoms with Gasteiger partial charge in [0.25, 0.3) is 0 Å². The molecule has 1 aromatic heterocycles. The minimum Gasteiger partial charge on any atom is -0.300 e. The number of hydrogen-bond acceptors (Lipinski definition) is 2. The Morgan fingerprint density at radius 3 is 1.68 bits per heavy atom. The first-order valence-electron chi connectivity index (χ1n) is 6.00. The van der Waals surface area contributed by atoms with Gasteiger partial charge in [-0.25, -0.2) is 4.98 Å². The summed E-state index contributed by atoms with van der Waals surface area (Å²) in [6.07, 6.45) is 0. The zero-order valence-corrected chi connectivity index (χ0v) is 11.6. The molecular formula is C16H14ClNO. The van der Waals surface area contributed by atoms with Gasteiger partial charge >= 0.3 is 0 Å². The third-order valence-electron chi connectivity index (χ3n) is 2.52. The van der Waals surface area contributed by atoms with E-state index in [0.29, 0.717) is 0 Å². The van der Waals surface area contributed by atoms with Gasteiger partial charge in [0, 0.05) is 10.8 Å². The Hall–Kier alpha value is -1.93. The molecule has 0 N–H and O–H groups in total. The number of halogens is 1. The van der Waals surface area contributed by atoms with Crippen LogP contribution in [-0.4, -0.2) is 10.8 Å². The van der Waals surface area contributed by atoms with Crippen LogP contribution in [0, 0.1) is 0 Å². The van der Waals surface area contributed by atoms with Crippen molar-refractivity contribution < 1.29 is 4.79 Å². The van der Waals surface area contributed by atoms with Crippen molar-refractivity contribution in [1.82, 2.24) is 4.98 Å². The molecule has 0 aliphatic heterocycles. The maximum atomic E-state index is 9.44. The zero-order valence-electron chi connectivity index (χ0n) is 10.9. The van der Waals surface area contributed by atoms with E-state index in [1.54, 1.807) is 0 Å². The maximum Gasteiger partial charge on any atom is 0.126 e. The van der Waals surface area contributed by atoms with Crippen molar-refractivity contribution in [2.24, 2.45) is 0 Å². The SMILES string of the molecule is CC(C)=O.Clc1c2ccccc2nc2ccccc12. The number of pyridine rings is 1. The summed E-state index contributed by atoms with van der Waals surface area (Å²) in [5, 5.41) is 2.81. The Bertz CT molecular complexity index is 679. The summed E-state index contributed by atoms with van der Waals surface area (Å²) in [5.41, 5.74) is 1.89. The van der Waals surface area contributed by atoms with Crippen LogP contribution in [-0.2, 0) is 4.79 Å². The number of benzene rings is 2. The van der Waals surface area contributed by atoms with Gasteiger partial charge in [0.15, 0.2) is 0 Å².